The van der Waals surface area contributed by atoms with Crippen LogP contribution in [0.5, 0.6) is 5.75 Å². The van der Waals surface area contributed by atoms with Gasteiger partial charge in [0.2, 0.25) is 0 Å². The zero-order valence-corrected chi connectivity index (χ0v) is 9.05. The number of hydrogen-bond donors (Lipinski definition) is 1. The topological polar surface area (TPSA) is 61.0 Å². The highest BCUT2D eigenvalue weighted by Crippen LogP contribution is 2.16. The van der Waals surface area contributed by atoms with Crippen molar-refractivity contribution in [3.05, 3.63) is 47.9 Å². The van der Waals surface area contributed by atoms with Crippen molar-refractivity contribution >= 4 is 5.82 Å². The molecule has 0 unspecified atom stereocenters. The van der Waals surface area contributed by atoms with E-state index in [2.05, 4.69) is 9.97 Å². The van der Waals surface area contributed by atoms with Gasteiger partial charge in [0.25, 0.3) is 0 Å². The summed E-state index contributed by atoms with van der Waals surface area (Å²) < 4.78 is 5.11. The van der Waals surface area contributed by atoms with E-state index in [4.69, 9.17) is 10.5 Å². The number of rotatable bonds is 3. The SMILES string of the molecule is COc1cncc(Cc2cccnc2N)c1. The van der Waals surface area contributed by atoms with Crippen LogP contribution in [0.4, 0.5) is 5.82 Å². The van der Waals surface area contributed by atoms with Crippen molar-refractivity contribution in [1.29, 1.82) is 0 Å². The van der Waals surface area contributed by atoms with E-state index in [0.29, 0.717) is 12.2 Å². The molecule has 0 aliphatic carbocycles. The number of nitrogens with two attached hydrogens (primary N) is 1. The number of anilines is 1. The molecule has 0 aliphatic heterocycles. The first kappa shape index (κ1) is 10.4. The highest BCUT2D eigenvalue weighted by Gasteiger charge is 2.02. The van der Waals surface area contributed by atoms with Crippen LogP contribution in [0, 0.1) is 0 Å². The van der Waals surface area contributed by atoms with Crippen LogP contribution in [0.2, 0.25) is 0 Å². The monoisotopic (exact) mass is 215 g/mol. The number of ether oxygens (including phenoxy) is 1. The summed E-state index contributed by atoms with van der Waals surface area (Å²) in [5.41, 5.74) is 7.83. The summed E-state index contributed by atoms with van der Waals surface area (Å²) in [6.45, 7) is 0. The predicted molar refractivity (Wildman–Crippen MR) is 62.2 cm³/mol. The van der Waals surface area contributed by atoms with Crippen molar-refractivity contribution in [1.82, 2.24) is 9.97 Å². The summed E-state index contributed by atoms with van der Waals surface area (Å²) in [7, 11) is 1.62. The molecule has 4 nitrogen and oxygen atoms in total. The van der Waals surface area contributed by atoms with Crippen LogP contribution in [0.3, 0.4) is 0 Å². The normalized spacial score (nSPS) is 10.1. The highest BCUT2D eigenvalue weighted by atomic mass is 16.5. The van der Waals surface area contributed by atoms with Gasteiger partial charge in [0, 0.05) is 18.8 Å². The fourth-order valence-electron chi connectivity index (χ4n) is 1.49. The Kier molecular flexibility index (Phi) is 3.00. The number of nitrogen functional groups attached to an aromatic ring is 1. The summed E-state index contributed by atoms with van der Waals surface area (Å²) in [5.74, 6) is 1.31. The third kappa shape index (κ3) is 2.28. The maximum atomic E-state index is 5.78. The molecule has 0 fully saturated rings. The Labute approximate surface area is 94.1 Å². The molecule has 0 saturated carbocycles. The average Bonchev–Trinajstić information content (AvgIpc) is 2.32. The summed E-state index contributed by atoms with van der Waals surface area (Å²) >= 11 is 0. The minimum Gasteiger partial charge on any atom is -0.495 e. The first-order valence-electron chi connectivity index (χ1n) is 4.97. The molecule has 0 saturated heterocycles. The lowest BCUT2D eigenvalue weighted by molar-refractivity contribution is 0.412. The second-order valence-corrected chi connectivity index (χ2v) is 3.46. The van der Waals surface area contributed by atoms with Gasteiger partial charge in [-0.2, -0.15) is 0 Å². The van der Waals surface area contributed by atoms with E-state index in [1.54, 1.807) is 25.7 Å². The summed E-state index contributed by atoms with van der Waals surface area (Å²) in [4.78, 5) is 8.14. The Hall–Kier alpha value is -2.10. The molecule has 2 aromatic heterocycles. The third-order valence-corrected chi connectivity index (χ3v) is 2.33. The second-order valence-electron chi connectivity index (χ2n) is 3.46. The Bertz CT molecular complexity index is 485. The molecule has 0 aromatic carbocycles. The quantitative estimate of drug-likeness (QED) is 0.845. The Morgan fingerprint density at radius 2 is 2.25 bits per heavy atom. The van der Waals surface area contributed by atoms with Crippen LogP contribution in [0.15, 0.2) is 36.8 Å². The van der Waals surface area contributed by atoms with Crippen molar-refractivity contribution in [3.63, 3.8) is 0 Å². The molecule has 2 N–H and O–H groups in total. The standard InChI is InChI=1S/C12H13N3O/c1-16-11-6-9(7-14-8-11)5-10-3-2-4-15-12(10)13/h2-4,6-8H,5H2,1H3,(H2,13,15). The molecular weight excluding hydrogens is 202 g/mol. The molecule has 0 spiro atoms. The van der Waals surface area contributed by atoms with E-state index in [0.717, 1.165) is 16.9 Å². The maximum absolute atomic E-state index is 5.78. The van der Waals surface area contributed by atoms with Gasteiger partial charge in [-0.25, -0.2) is 4.98 Å². The van der Waals surface area contributed by atoms with Crippen LogP contribution >= 0.6 is 0 Å². The molecule has 2 heterocycles. The first-order chi connectivity index (χ1) is 7.79. The van der Waals surface area contributed by atoms with E-state index in [-0.39, 0.29) is 0 Å². The van der Waals surface area contributed by atoms with E-state index in [1.165, 1.54) is 0 Å². The lowest BCUT2D eigenvalue weighted by atomic mass is 10.1. The van der Waals surface area contributed by atoms with Crippen molar-refractivity contribution in [2.45, 2.75) is 6.42 Å². The smallest absolute Gasteiger partial charge is 0.137 e. The van der Waals surface area contributed by atoms with E-state index in [9.17, 15) is 0 Å². The number of methoxy groups -OCH3 is 1. The minimum absolute atomic E-state index is 0.560. The molecule has 0 radical (unpaired) electrons. The molecule has 0 amide bonds. The molecule has 2 aromatic rings. The molecule has 16 heavy (non-hydrogen) atoms. The minimum atomic E-state index is 0.560. The van der Waals surface area contributed by atoms with E-state index in [1.807, 2.05) is 18.2 Å². The number of aromatic nitrogens is 2. The molecular formula is C12H13N3O. The summed E-state index contributed by atoms with van der Waals surface area (Å²) in [6, 6.07) is 5.78. The largest absolute Gasteiger partial charge is 0.495 e. The predicted octanol–water partition coefficient (Wildman–Crippen LogP) is 1.66. The van der Waals surface area contributed by atoms with E-state index >= 15 is 0 Å². The van der Waals surface area contributed by atoms with Crippen LogP contribution in [-0.4, -0.2) is 17.1 Å². The van der Waals surface area contributed by atoms with Crippen molar-refractivity contribution in [2.75, 3.05) is 12.8 Å². The van der Waals surface area contributed by atoms with Gasteiger partial charge in [-0.1, -0.05) is 6.07 Å². The third-order valence-electron chi connectivity index (χ3n) is 2.33. The van der Waals surface area contributed by atoms with Gasteiger partial charge in [-0.3, -0.25) is 4.98 Å². The molecule has 4 heteroatoms. The second kappa shape index (κ2) is 4.61. The molecule has 0 aliphatic rings. The number of nitrogens with zero attached hydrogens (tertiary/aromatic N) is 2. The van der Waals surface area contributed by atoms with Gasteiger partial charge in [0.1, 0.15) is 11.6 Å². The fraction of sp³-hybridized carbons (Fsp3) is 0.167. The van der Waals surface area contributed by atoms with E-state index < -0.39 is 0 Å². The number of hydrogen-bond acceptors (Lipinski definition) is 4. The maximum Gasteiger partial charge on any atom is 0.137 e. The van der Waals surface area contributed by atoms with Crippen LogP contribution in [0.1, 0.15) is 11.1 Å². The molecule has 0 bridgehead atoms. The van der Waals surface area contributed by atoms with Gasteiger partial charge in [-0.05, 0) is 23.3 Å². The lowest BCUT2D eigenvalue weighted by Crippen LogP contribution is -1.98. The van der Waals surface area contributed by atoms with Gasteiger partial charge >= 0.3 is 0 Å². The Morgan fingerprint density at radius 1 is 1.38 bits per heavy atom. The average molecular weight is 215 g/mol. The Morgan fingerprint density at radius 3 is 3.00 bits per heavy atom. The van der Waals surface area contributed by atoms with Crippen LogP contribution in [0.25, 0.3) is 0 Å². The lowest BCUT2D eigenvalue weighted by Gasteiger charge is -2.05. The number of pyridine rings is 2. The van der Waals surface area contributed by atoms with Gasteiger partial charge in [0.15, 0.2) is 0 Å². The van der Waals surface area contributed by atoms with Crippen LogP contribution in [-0.2, 0) is 6.42 Å². The molecule has 82 valence electrons. The summed E-state index contributed by atoms with van der Waals surface area (Å²) in [5, 5.41) is 0. The van der Waals surface area contributed by atoms with Crippen molar-refractivity contribution < 1.29 is 4.74 Å². The van der Waals surface area contributed by atoms with Crippen molar-refractivity contribution in [3.8, 4) is 5.75 Å². The van der Waals surface area contributed by atoms with Gasteiger partial charge in [0.05, 0.1) is 13.3 Å². The van der Waals surface area contributed by atoms with Crippen LogP contribution < -0.4 is 10.5 Å². The fourth-order valence-corrected chi connectivity index (χ4v) is 1.49. The molecule has 0 atom stereocenters. The zero-order chi connectivity index (χ0) is 11.4. The highest BCUT2D eigenvalue weighted by molar-refractivity contribution is 5.42. The summed E-state index contributed by atoms with van der Waals surface area (Å²) in [6.07, 6.45) is 5.87. The van der Waals surface area contributed by atoms with Gasteiger partial charge in [-0.15, -0.1) is 0 Å². The zero-order valence-electron chi connectivity index (χ0n) is 9.05. The first-order valence-corrected chi connectivity index (χ1v) is 4.97. The van der Waals surface area contributed by atoms with Gasteiger partial charge < -0.3 is 10.5 Å². The van der Waals surface area contributed by atoms with Crippen molar-refractivity contribution in [2.24, 2.45) is 0 Å². The molecule has 2 rings (SSSR count). The Balaban J connectivity index is 2.24.